The second kappa shape index (κ2) is 5.36. The quantitative estimate of drug-likeness (QED) is 0.710. The molecule has 3 N–H and O–H groups in total. The number of piperidine rings is 2. The summed E-state index contributed by atoms with van der Waals surface area (Å²) < 4.78 is 0. The summed E-state index contributed by atoms with van der Waals surface area (Å²) in [5, 5.41) is 10.1. The van der Waals surface area contributed by atoms with Crippen LogP contribution in [0.15, 0.2) is 0 Å². The molecule has 6 heteroatoms. The predicted octanol–water partition coefficient (Wildman–Crippen LogP) is 0.151. The van der Waals surface area contributed by atoms with E-state index in [0.717, 1.165) is 25.7 Å². The van der Waals surface area contributed by atoms with Crippen LogP contribution in [0.25, 0.3) is 0 Å². The van der Waals surface area contributed by atoms with E-state index >= 15 is 0 Å². The van der Waals surface area contributed by atoms with Crippen LogP contribution >= 0.6 is 0 Å². The van der Waals surface area contributed by atoms with Crippen molar-refractivity contribution in [1.82, 2.24) is 9.80 Å². The normalized spacial score (nSPS) is 32.2. The van der Waals surface area contributed by atoms with Crippen molar-refractivity contribution in [2.75, 3.05) is 26.2 Å². The Labute approximate surface area is 113 Å². The number of β-amino-alcohol motifs (C(OH)–C–C–N with tert-alkyl or cyclic N) is 1. The number of nitrogens with zero attached hydrogens (tertiary/aromatic N) is 2. The molecule has 2 rings (SSSR count). The van der Waals surface area contributed by atoms with E-state index in [0.29, 0.717) is 26.2 Å². The zero-order valence-corrected chi connectivity index (χ0v) is 11.5. The fraction of sp³-hybridized carbons (Fsp3) is 0.846. The molecule has 108 valence electrons. The summed E-state index contributed by atoms with van der Waals surface area (Å²) in [5.41, 5.74) is 4.49. The van der Waals surface area contributed by atoms with Crippen LogP contribution in [0.1, 0.15) is 32.6 Å². The number of hydrogen-bond donors (Lipinski definition) is 2. The maximum absolute atomic E-state index is 12.4. The third-order valence-corrected chi connectivity index (χ3v) is 4.07. The molecule has 0 aromatic heterocycles. The number of likely N-dealkylation sites (tertiary alicyclic amines) is 2. The Kier molecular flexibility index (Phi) is 3.99. The number of aliphatic hydroxyl groups is 1. The van der Waals surface area contributed by atoms with Crippen molar-refractivity contribution >= 4 is 11.9 Å². The van der Waals surface area contributed by atoms with E-state index in [2.05, 4.69) is 0 Å². The molecule has 0 spiro atoms. The number of rotatable bonds is 1. The van der Waals surface area contributed by atoms with Crippen molar-refractivity contribution in [3.63, 3.8) is 0 Å². The first-order valence-electron chi connectivity index (χ1n) is 6.94. The lowest BCUT2D eigenvalue weighted by Gasteiger charge is -2.40. The fourth-order valence-electron chi connectivity index (χ4n) is 3.05. The fourth-order valence-corrected chi connectivity index (χ4v) is 3.05. The van der Waals surface area contributed by atoms with E-state index in [4.69, 9.17) is 5.73 Å². The number of nitrogens with two attached hydrogens (primary N) is 1. The highest BCUT2D eigenvalue weighted by molar-refractivity contribution is 5.80. The van der Waals surface area contributed by atoms with Gasteiger partial charge in [0.25, 0.3) is 0 Å². The maximum atomic E-state index is 12.4. The van der Waals surface area contributed by atoms with Gasteiger partial charge in [-0.25, -0.2) is 4.79 Å². The Morgan fingerprint density at radius 3 is 2.58 bits per heavy atom. The zero-order chi connectivity index (χ0) is 14.0. The Hall–Kier alpha value is -1.30. The highest BCUT2D eigenvalue weighted by Gasteiger charge is 2.35. The molecule has 19 heavy (non-hydrogen) atoms. The van der Waals surface area contributed by atoms with Crippen molar-refractivity contribution in [2.45, 2.75) is 38.2 Å². The molecule has 2 aliphatic heterocycles. The summed E-state index contributed by atoms with van der Waals surface area (Å²) in [6, 6.07) is -0.455. The Morgan fingerprint density at radius 2 is 1.95 bits per heavy atom. The Balaban J connectivity index is 1.97. The van der Waals surface area contributed by atoms with E-state index in [9.17, 15) is 14.7 Å². The minimum absolute atomic E-state index is 0.0472. The minimum Gasteiger partial charge on any atom is -0.388 e. The monoisotopic (exact) mass is 269 g/mol. The average Bonchev–Trinajstić information content (AvgIpc) is 2.37. The van der Waals surface area contributed by atoms with Crippen LogP contribution in [0.5, 0.6) is 0 Å². The van der Waals surface area contributed by atoms with Gasteiger partial charge in [-0.1, -0.05) is 0 Å². The number of carbonyl (C=O) groups excluding carboxylic acids is 2. The second-order valence-electron chi connectivity index (χ2n) is 5.98. The molecule has 0 radical (unpaired) electrons. The van der Waals surface area contributed by atoms with E-state index < -0.39 is 11.6 Å². The molecule has 2 heterocycles. The van der Waals surface area contributed by atoms with Gasteiger partial charge in [0.1, 0.15) is 0 Å². The van der Waals surface area contributed by atoms with Gasteiger partial charge in [-0.05, 0) is 32.6 Å². The van der Waals surface area contributed by atoms with Crippen LogP contribution in [-0.2, 0) is 4.79 Å². The first-order valence-corrected chi connectivity index (χ1v) is 6.94. The summed E-state index contributed by atoms with van der Waals surface area (Å²) in [6.07, 6.45) is 3.16. The molecule has 2 atom stereocenters. The Morgan fingerprint density at radius 1 is 1.26 bits per heavy atom. The van der Waals surface area contributed by atoms with Crippen LogP contribution in [0.2, 0.25) is 0 Å². The lowest BCUT2D eigenvalue weighted by molar-refractivity contribution is -0.143. The van der Waals surface area contributed by atoms with Gasteiger partial charge in [-0.3, -0.25) is 4.79 Å². The molecule has 0 aromatic carbocycles. The van der Waals surface area contributed by atoms with Gasteiger partial charge >= 0.3 is 6.03 Å². The highest BCUT2D eigenvalue weighted by atomic mass is 16.3. The average molecular weight is 269 g/mol. The summed E-state index contributed by atoms with van der Waals surface area (Å²) in [5.74, 6) is -0.124. The van der Waals surface area contributed by atoms with Crippen molar-refractivity contribution in [2.24, 2.45) is 11.7 Å². The molecular weight excluding hydrogens is 246 g/mol. The highest BCUT2D eigenvalue weighted by Crippen LogP contribution is 2.24. The zero-order valence-electron chi connectivity index (χ0n) is 11.5. The molecule has 2 aliphatic rings. The van der Waals surface area contributed by atoms with Crippen LogP contribution in [-0.4, -0.2) is 58.6 Å². The number of urea groups is 1. The van der Waals surface area contributed by atoms with E-state index in [1.807, 2.05) is 0 Å². The second-order valence-corrected chi connectivity index (χ2v) is 5.98. The van der Waals surface area contributed by atoms with Gasteiger partial charge in [0, 0.05) is 26.2 Å². The van der Waals surface area contributed by atoms with Crippen LogP contribution in [0.4, 0.5) is 4.79 Å². The lowest BCUT2D eigenvalue weighted by Crippen LogP contribution is -2.53. The van der Waals surface area contributed by atoms with Gasteiger partial charge in [0.15, 0.2) is 0 Å². The summed E-state index contributed by atoms with van der Waals surface area (Å²) in [6.45, 7) is 3.90. The van der Waals surface area contributed by atoms with Gasteiger partial charge < -0.3 is 20.6 Å². The number of primary amides is 1. The Bertz CT molecular complexity index is 370. The first-order chi connectivity index (χ1) is 8.89. The standard InChI is InChI=1S/C13H23N3O3/c1-13(19)5-3-7-16(9-13)11(17)10-4-2-6-15(8-10)12(14)18/h10,19H,2-9H2,1H3,(H2,14,18). The van der Waals surface area contributed by atoms with Crippen LogP contribution in [0.3, 0.4) is 0 Å². The number of hydrogen-bond acceptors (Lipinski definition) is 3. The van der Waals surface area contributed by atoms with Crippen LogP contribution < -0.4 is 5.73 Å². The van der Waals surface area contributed by atoms with E-state index in [-0.39, 0.29) is 11.8 Å². The number of carbonyl (C=O) groups is 2. The van der Waals surface area contributed by atoms with Crippen molar-refractivity contribution in [1.29, 1.82) is 0 Å². The molecule has 2 unspecified atom stereocenters. The van der Waals surface area contributed by atoms with Gasteiger partial charge in [-0.15, -0.1) is 0 Å². The predicted molar refractivity (Wildman–Crippen MR) is 70.3 cm³/mol. The van der Waals surface area contributed by atoms with Gasteiger partial charge in [-0.2, -0.15) is 0 Å². The minimum atomic E-state index is -0.786. The molecule has 0 aromatic rings. The SMILES string of the molecule is CC1(O)CCCN(C(=O)C2CCCN(C(N)=O)C2)C1. The van der Waals surface area contributed by atoms with Crippen LogP contribution in [0, 0.1) is 5.92 Å². The lowest BCUT2D eigenvalue weighted by atomic mass is 9.91. The summed E-state index contributed by atoms with van der Waals surface area (Å²) in [7, 11) is 0. The topological polar surface area (TPSA) is 86.9 Å². The van der Waals surface area contributed by atoms with Crippen molar-refractivity contribution in [3.05, 3.63) is 0 Å². The van der Waals surface area contributed by atoms with E-state index in [1.165, 1.54) is 4.90 Å². The molecule has 6 nitrogen and oxygen atoms in total. The summed E-state index contributed by atoms with van der Waals surface area (Å²) >= 11 is 0. The molecule has 3 amide bonds. The molecule has 0 aliphatic carbocycles. The maximum Gasteiger partial charge on any atom is 0.314 e. The molecule has 0 bridgehead atoms. The van der Waals surface area contributed by atoms with Gasteiger partial charge in [0.05, 0.1) is 11.5 Å². The molecule has 0 saturated carbocycles. The summed E-state index contributed by atoms with van der Waals surface area (Å²) in [4.78, 5) is 26.9. The van der Waals surface area contributed by atoms with Crippen molar-refractivity contribution < 1.29 is 14.7 Å². The van der Waals surface area contributed by atoms with Crippen molar-refractivity contribution in [3.8, 4) is 0 Å². The molecule has 2 saturated heterocycles. The number of amides is 3. The largest absolute Gasteiger partial charge is 0.388 e. The third-order valence-electron chi connectivity index (χ3n) is 4.07. The smallest absolute Gasteiger partial charge is 0.314 e. The van der Waals surface area contributed by atoms with E-state index in [1.54, 1.807) is 11.8 Å². The van der Waals surface area contributed by atoms with Gasteiger partial charge in [0.2, 0.25) is 5.91 Å². The first kappa shape index (κ1) is 14.1. The third kappa shape index (κ3) is 3.37. The molecule has 2 fully saturated rings. The molecular formula is C13H23N3O3.